The fourth-order valence-electron chi connectivity index (χ4n) is 4.81. The van der Waals surface area contributed by atoms with Crippen LogP contribution in [0.5, 0.6) is 17.2 Å². The molecule has 3 aromatic rings. The normalized spacial score (nSPS) is 15.6. The summed E-state index contributed by atoms with van der Waals surface area (Å²) < 4.78 is 31.1. The number of hydrogen-bond acceptors (Lipinski definition) is 5. The van der Waals surface area contributed by atoms with Crippen LogP contribution in [-0.4, -0.2) is 25.0 Å². The predicted octanol–water partition coefficient (Wildman–Crippen LogP) is 6.26. The van der Waals surface area contributed by atoms with Crippen LogP contribution in [0.1, 0.15) is 42.3 Å². The first-order chi connectivity index (χ1) is 16.3. The lowest BCUT2D eigenvalue weighted by Crippen LogP contribution is -2.32. The maximum absolute atomic E-state index is 13.9. The zero-order valence-corrected chi connectivity index (χ0v) is 19.6. The van der Waals surface area contributed by atoms with Crippen LogP contribution in [0.25, 0.3) is 16.7 Å². The van der Waals surface area contributed by atoms with E-state index in [4.69, 9.17) is 14.2 Å². The van der Waals surface area contributed by atoms with Gasteiger partial charge in [-0.05, 0) is 62.2 Å². The monoisotopic (exact) mass is 459 g/mol. The molecule has 2 aliphatic heterocycles. The molecule has 5 nitrogen and oxygen atoms in total. The molecule has 6 heteroatoms. The molecule has 0 radical (unpaired) electrons. The molecule has 3 aromatic carbocycles. The topological polar surface area (TPSA) is 56.8 Å². The molecule has 0 spiro atoms. The molecule has 0 fully saturated rings. The summed E-state index contributed by atoms with van der Waals surface area (Å²) in [6.07, 6.45) is 2.19. The van der Waals surface area contributed by atoms with Gasteiger partial charge in [0, 0.05) is 34.5 Å². The average Bonchev–Trinajstić information content (AvgIpc) is 3.16. The Balaban J connectivity index is 1.60. The van der Waals surface area contributed by atoms with Gasteiger partial charge in [0.1, 0.15) is 29.7 Å². The number of ether oxygens (including phenoxy) is 3. The van der Waals surface area contributed by atoms with Crippen molar-refractivity contribution in [2.24, 2.45) is 0 Å². The number of ketones is 1. The second-order valence-corrected chi connectivity index (χ2v) is 9.19. The average molecular weight is 460 g/mol. The van der Waals surface area contributed by atoms with Crippen LogP contribution in [0.3, 0.4) is 0 Å². The van der Waals surface area contributed by atoms with Crippen molar-refractivity contribution in [2.45, 2.75) is 32.9 Å². The molecule has 34 heavy (non-hydrogen) atoms. The van der Waals surface area contributed by atoms with E-state index in [-0.39, 0.29) is 30.4 Å². The number of fused-ring (bicyclic) bond motifs is 2. The largest absolute Gasteiger partial charge is 0.496 e. The minimum Gasteiger partial charge on any atom is -0.496 e. The van der Waals surface area contributed by atoms with Gasteiger partial charge < -0.3 is 19.5 Å². The van der Waals surface area contributed by atoms with Crippen LogP contribution in [-0.2, 0) is 6.61 Å². The summed E-state index contributed by atoms with van der Waals surface area (Å²) in [6, 6.07) is 13.9. The van der Waals surface area contributed by atoms with Gasteiger partial charge >= 0.3 is 0 Å². The first-order valence-electron chi connectivity index (χ1n) is 11.2. The van der Waals surface area contributed by atoms with Crippen LogP contribution >= 0.6 is 0 Å². The van der Waals surface area contributed by atoms with E-state index in [2.05, 4.69) is 32.2 Å². The highest BCUT2D eigenvalue weighted by atomic mass is 19.1. The van der Waals surface area contributed by atoms with Crippen molar-refractivity contribution in [1.29, 1.82) is 0 Å². The van der Waals surface area contributed by atoms with E-state index in [9.17, 15) is 9.18 Å². The number of nitrogens with one attached hydrogen (secondary N) is 1. The third kappa shape index (κ3) is 3.89. The van der Waals surface area contributed by atoms with Gasteiger partial charge in [-0.2, -0.15) is 0 Å². The Bertz CT molecular complexity index is 1340. The molecule has 5 rings (SSSR count). The Hall–Kier alpha value is -3.80. The summed E-state index contributed by atoms with van der Waals surface area (Å²) >= 11 is 0. The van der Waals surface area contributed by atoms with Gasteiger partial charge in [0.15, 0.2) is 6.61 Å². The minimum absolute atomic E-state index is 0.0289. The van der Waals surface area contributed by atoms with E-state index >= 15 is 0 Å². The summed E-state index contributed by atoms with van der Waals surface area (Å²) in [4.78, 5) is 11.9. The van der Waals surface area contributed by atoms with Gasteiger partial charge in [-0.1, -0.05) is 12.1 Å². The van der Waals surface area contributed by atoms with E-state index in [1.165, 1.54) is 19.2 Å². The van der Waals surface area contributed by atoms with E-state index in [0.29, 0.717) is 22.8 Å². The van der Waals surface area contributed by atoms with Gasteiger partial charge in [0.2, 0.25) is 5.78 Å². The molecule has 2 aliphatic rings. The first-order valence-corrected chi connectivity index (χ1v) is 11.2. The Morgan fingerprint density at radius 3 is 2.62 bits per heavy atom. The maximum atomic E-state index is 13.9. The zero-order valence-electron chi connectivity index (χ0n) is 19.6. The SMILES string of the molecule is COc1cc(F)ccc1-c1ccc2c(c1COc1ccc3c(c1)OCC3=O)C(C)=CC(C)(C)N2. The smallest absolute Gasteiger partial charge is 0.203 e. The van der Waals surface area contributed by atoms with Crippen molar-refractivity contribution < 1.29 is 23.4 Å². The van der Waals surface area contributed by atoms with Gasteiger partial charge in [-0.3, -0.25) is 4.79 Å². The van der Waals surface area contributed by atoms with Crippen molar-refractivity contribution in [1.82, 2.24) is 0 Å². The molecular weight excluding hydrogens is 433 g/mol. The first kappa shape index (κ1) is 22.0. The van der Waals surface area contributed by atoms with E-state index in [0.717, 1.165) is 33.5 Å². The molecular formula is C28H26FNO4. The molecule has 0 aromatic heterocycles. The van der Waals surface area contributed by atoms with Crippen LogP contribution in [0, 0.1) is 5.82 Å². The maximum Gasteiger partial charge on any atom is 0.203 e. The predicted molar refractivity (Wildman–Crippen MR) is 130 cm³/mol. The molecule has 0 bridgehead atoms. The summed E-state index contributed by atoms with van der Waals surface area (Å²) in [7, 11) is 1.54. The number of hydrogen-bond donors (Lipinski definition) is 1. The Morgan fingerprint density at radius 2 is 1.82 bits per heavy atom. The van der Waals surface area contributed by atoms with Crippen molar-refractivity contribution in [3.8, 4) is 28.4 Å². The number of allylic oxidation sites excluding steroid dienone is 1. The number of halogens is 1. The highest BCUT2D eigenvalue weighted by Gasteiger charge is 2.27. The lowest BCUT2D eigenvalue weighted by Gasteiger charge is -2.33. The summed E-state index contributed by atoms with van der Waals surface area (Å²) in [5.74, 6) is 1.21. The van der Waals surface area contributed by atoms with Crippen LogP contribution in [0.4, 0.5) is 10.1 Å². The summed E-state index contributed by atoms with van der Waals surface area (Å²) in [5.41, 5.74) is 6.22. The molecule has 0 unspecified atom stereocenters. The number of rotatable bonds is 5. The van der Waals surface area contributed by atoms with Crippen LogP contribution < -0.4 is 19.5 Å². The lowest BCUT2D eigenvalue weighted by atomic mass is 9.85. The van der Waals surface area contributed by atoms with Gasteiger partial charge in [-0.15, -0.1) is 0 Å². The van der Waals surface area contributed by atoms with Crippen LogP contribution in [0.15, 0.2) is 54.6 Å². The Labute approximate surface area is 198 Å². The van der Waals surface area contributed by atoms with Gasteiger partial charge in [0.05, 0.1) is 18.2 Å². The van der Waals surface area contributed by atoms with E-state index in [1.807, 2.05) is 12.1 Å². The quantitative estimate of drug-likeness (QED) is 0.488. The van der Waals surface area contributed by atoms with Gasteiger partial charge in [-0.25, -0.2) is 4.39 Å². The van der Waals surface area contributed by atoms with E-state index in [1.54, 1.807) is 24.3 Å². The van der Waals surface area contributed by atoms with Crippen molar-refractivity contribution in [3.05, 3.63) is 77.1 Å². The number of carbonyl (C=O) groups excluding carboxylic acids is 1. The van der Waals surface area contributed by atoms with E-state index < -0.39 is 0 Å². The highest BCUT2D eigenvalue weighted by molar-refractivity contribution is 6.02. The Morgan fingerprint density at radius 1 is 1.06 bits per heavy atom. The standard InChI is InChI=1S/C28H26FNO4/c1-16-13-28(2,3)30-23-10-9-19(20-7-5-17(29)11-25(20)32-4)22(27(16)23)14-33-18-6-8-21-24(31)15-34-26(21)12-18/h5-13,30H,14-15H2,1-4H3. The summed E-state index contributed by atoms with van der Waals surface area (Å²) in [6.45, 7) is 6.66. The molecule has 174 valence electrons. The number of carbonyl (C=O) groups is 1. The van der Waals surface area contributed by atoms with Gasteiger partial charge in [0.25, 0.3) is 0 Å². The molecule has 0 saturated carbocycles. The fraction of sp³-hybridized carbons (Fsp3) is 0.250. The molecule has 0 atom stereocenters. The third-order valence-electron chi connectivity index (χ3n) is 6.19. The minimum atomic E-state index is -0.358. The number of methoxy groups -OCH3 is 1. The van der Waals surface area contributed by atoms with Crippen molar-refractivity contribution in [3.63, 3.8) is 0 Å². The number of anilines is 1. The summed E-state index contributed by atoms with van der Waals surface area (Å²) in [5, 5.41) is 3.58. The second kappa shape index (κ2) is 8.20. The fourth-order valence-corrected chi connectivity index (χ4v) is 4.81. The highest BCUT2D eigenvalue weighted by Crippen LogP contribution is 2.43. The molecule has 0 aliphatic carbocycles. The third-order valence-corrected chi connectivity index (χ3v) is 6.19. The van der Waals surface area contributed by atoms with Crippen molar-refractivity contribution in [2.75, 3.05) is 19.0 Å². The number of Topliss-reactive ketones (excluding diaryl/α,β-unsaturated/α-hetero) is 1. The van der Waals surface area contributed by atoms with Crippen LogP contribution in [0.2, 0.25) is 0 Å². The molecule has 1 N–H and O–H groups in total. The molecule has 0 saturated heterocycles. The second-order valence-electron chi connectivity index (χ2n) is 9.19. The Kier molecular flexibility index (Phi) is 5.31. The number of benzene rings is 3. The van der Waals surface area contributed by atoms with Crippen molar-refractivity contribution >= 4 is 17.0 Å². The molecule has 0 amide bonds. The molecule has 2 heterocycles. The zero-order chi connectivity index (χ0) is 24.0. The lowest BCUT2D eigenvalue weighted by molar-refractivity contribution is 0.0961.